The molecule has 10 atom stereocenters. The fourth-order valence-electron chi connectivity index (χ4n) is 5.12. The molecule has 0 N–H and O–H groups in total. The van der Waals surface area contributed by atoms with E-state index in [2.05, 4.69) is 0 Å². The van der Waals surface area contributed by atoms with E-state index in [-0.39, 0.29) is 0 Å². The van der Waals surface area contributed by atoms with Crippen LogP contribution in [0.2, 0.25) is 0 Å². The van der Waals surface area contributed by atoms with E-state index in [1.54, 1.807) is 6.19 Å². The molecular weight excluding hydrogens is 664 g/mol. The molecule has 0 spiro atoms. The first-order chi connectivity index (χ1) is 22.9. The van der Waals surface area contributed by atoms with Crippen molar-refractivity contribution in [1.29, 1.82) is 5.26 Å². The second-order valence-electron chi connectivity index (χ2n) is 10.7. The molecule has 2 rings (SSSR count). The molecule has 2 fully saturated rings. The van der Waals surface area contributed by atoms with Crippen LogP contribution in [0.25, 0.3) is 0 Å². The lowest BCUT2D eigenvalue weighted by molar-refractivity contribution is -0.317. The van der Waals surface area contributed by atoms with Crippen molar-refractivity contribution < 1.29 is 85.7 Å². The van der Waals surface area contributed by atoms with Crippen molar-refractivity contribution in [2.75, 3.05) is 13.2 Å². The highest BCUT2D eigenvalue weighted by Gasteiger charge is 2.60. The zero-order valence-corrected chi connectivity index (χ0v) is 27.9. The summed E-state index contributed by atoms with van der Waals surface area (Å²) < 4.78 is 54.7. The van der Waals surface area contributed by atoms with Crippen molar-refractivity contribution in [1.82, 2.24) is 4.90 Å². The Hall–Kier alpha value is -5.03. The molecular formula is C29H38N2O18. The third-order valence-corrected chi connectivity index (χ3v) is 6.60. The monoisotopic (exact) mass is 702 g/mol. The smallest absolute Gasteiger partial charge is 0.303 e. The molecule has 0 radical (unpaired) electrons. The zero-order valence-electron chi connectivity index (χ0n) is 27.9. The maximum Gasteiger partial charge on any atom is 0.303 e. The summed E-state index contributed by atoms with van der Waals surface area (Å²) in [4.78, 5) is 97.7. The molecule has 20 nitrogen and oxygen atoms in total. The molecule has 0 amide bonds. The van der Waals surface area contributed by atoms with Crippen LogP contribution in [-0.2, 0) is 85.7 Å². The highest BCUT2D eigenvalue weighted by atomic mass is 16.7. The maximum atomic E-state index is 12.4. The van der Waals surface area contributed by atoms with Crippen LogP contribution in [-0.4, -0.2) is 127 Å². The SMILES string of the molecule is CC(=O)OC[C@H]1O[C@@H](N(C#N)[C@@H]2O[C@H](COC(C)=O)[C@H](OC(C)=O)[C@H](OC(C)=O)[C@H]2OC(C)=O)[C@H](OC(C)=O)[C@@H](OC(C)=O)[C@H]1OC(C)=O. The summed E-state index contributed by atoms with van der Waals surface area (Å²) in [5.41, 5.74) is 0. The van der Waals surface area contributed by atoms with Gasteiger partial charge in [0.25, 0.3) is 0 Å². The van der Waals surface area contributed by atoms with E-state index in [1.807, 2.05) is 0 Å². The zero-order chi connectivity index (χ0) is 37.2. The summed E-state index contributed by atoms with van der Waals surface area (Å²) in [7, 11) is 0. The molecule has 0 aromatic carbocycles. The largest absolute Gasteiger partial charge is 0.463 e. The molecule has 20 heteroatoms. The van der Waals surface area contributed by atoms with Gasteiger partial charge in [-0.25, -0.2) is 4.90 Å². The minimum absolute atomic E-state index is 0.643. The maximum absolute atomic E-state index is 12.4. The van der Waals surface area contributed by atoms with Gasteiger partial charge in [-0.05, 0) is 0 Å². The lowest BCUT2D eigenvalue weighted by Gasteiger charge is -2.51. The molecule has 0 aromatic heterocycles. The van der Waals surface area contributed by atoms with Crippen LogP contribution in [0.15, 0.2) is 0 Å². The molecule has 49 heavy (non-hydrogen) atoms. The van der Waals surface area contributed by atoms with E-state index < -0.39 is 122 Å². The van der Waals surface area contributed by atoms with E-state index in [0.717, 1.165) is 55.4 Å². The van der Waals surface area contributed by atoms with Crippen LogP contribution in [0.4, 0.5) is 0 Å². The number of carbonyl (C=O) groups is 8. The average Bonchev–Trinajstić information content (AvgIpc) is 2.95. The van der Waals surface area contributed by atoms with Gasteiger partial charge in [0.15, 0.2) is 55.3 Å². The van der Waals surface area contributed by atoms with E-state index in [0.29, 0.717) is 4.90 Å². The van der Waals surface area contributed by atoms with Crippen molar-refractivity contribution in [2.24, 2.45) is 0 Å². The molecule has 0 saturated carbocycles. The second-order valence-corrected chi connectivity index (χ2v) is 10.7. The quantitative estimate of drug-likeness (QED) is 0.102. The lowest BCUT2D eigenvalue weighted by Crippen LogP contribution is -2.71. The van der Waals surface area contributed by atoms with E-state index in [1.165, 1.54) is 0 Å². The molecule has 0 aliphatic carbocycles. The van der Waals surface area contributed by atoms with Gasteiger partial charge >= 0.3 is 47.8 Å². The summed E-state index contributed by atoms with van der Waals surface area (Å²) in [6.45, 7) is 6.78. The van der Waals surface area contributed by atoms with Crippen LogP contribution in [0.5, 0.6) is 0 Å². The highest BCUT2D eigenvalue weighted by Crippen LogP contribution is 2.36. The minimum Gasteiger partial charge on any atom is -0.463 e. The first kappa shape index (κ1) is 40.1. The van der Waals surface area contributed by atoms with Crippen molar-refractivity contribution in [3.8, 4) is 6.19 Å². The standard InChI is InChI=1S/C29H38N2O18/c1-12(32)40-9-20-22(42-14(3)34)24(44-16(5)36)26(46-18(7)38)28(48-20)31(11-30)29-27(47-19(8)39)25(45-17(6)37)23(43-15(4)35)21(49-29)10-41-13(2)33/h20-29H,9-10H2,1-8H3/t20-,21-,22+,23+,24+,25+,26-,27-,28-,29-/m1/s1. The Morgan fingerprint density at radius 1 is 0.469 bits per heavy atom. The molecule has 0 bridgehead atoms. The molecule has 2 saturated heterocycles. The summed E-state index contributed by atoms with van der Waals surface area (Å²) in [5.74, 6) is -7.31. The van der Waals surface area contributed by atoms with Gasteiger partial charge < -0.3 is 47.4 Å². The number of hydrogen-bond donors (Lipinski definition) is 0. The Bertz CT molecular complexity index is 1240. The van der Waals surface area contributed by atoms with Gasteiger partial charge in [0, 0.05) is 55.4 Å². The predicted molar refractivity (Wildman–Crippen MR) is 151 cm³/mol. The number of rotatable bonds is 12. The van der Waals surface area contributed by atoms with Gasteiger partial charge in [0.1, 0.15) is 25.4 Å². The third-order valence-electron chi connectivity index (χ3n) is 6.60. The normalized spacial score (nSPS) is 29.0. The number of nitriles is 1. The number of esters is 8. The first-order valence-corrected chi connectivity index (χ1v) is 14.6. The van der Waals surface area contributed by atoms with Crippen LogP contribution >= 0.6 is 0 Å². The van der Waals surface area contributed by atoms with Crippen LogP contribution in [0.1, 0.15) is 55.4 Å². The summed E-state index contributed by atoms with van der Waals surface area (Å²) in [5, 5.41) is 10.6. The third kappa shape index (κ3) is 11.6. The molecule has 2 heterocycles. The van der Waals surface area contributed by atoms with Crippen molar-refractivity contribution >= 4 is 47.8 Å². The molecule has 272 valence electrons. The summed E-state index contributed by atoms with van der Waals surface area (Å²) >= 11 is 0. The Morgan fingerprint density at radius 2 is 0.735 bits per heavy atom. The van der Waals surface area contributed by atoms with Crippen LogP contribution in [0, 0.1) is 11.5 Å². The van der Waals surface area contributed by atoms with E-state index in [9.17, 15) is 43.6 Å². The minimum atomic E-state index is -1.88. The molecule has 0 unspecified atom stereocenters. The second kappa shape index (κ2) is 17.9. The molecule has 2 aliphatic heterocycles. The fourth-order valence-corrected chi connectivity index (χ4v) is 5.12. The summed E-state index contributed by atoms with van der Waals surface area (Å²) in [6, 6.07) is 0. The predicted octanol–water partition coefficient (Wildman–Crippen LogP) is -1.06. The van der Waals surface area contributed by atoms with Crippen molar-refractivity contribution in [3.63, 3.8) is 0 Å². The Kier molecular flexibility index (Phi) is 14.7. The van der Waals surface area contributed by atoms with Gasteiger partial charge in [-0.1, -0.05) is 0 Å². The molecule has 2 aliphatic rings. The van der Waals surface area contributed by atoms with Crippen molar-refractivity contribution in [2.45, 2.75) is 117 Å². The summed E-state index contributed by atoms with van der Waals surface area (Å²) in [6.07, 6.45) is -15.2. The van der Waals surface area contributed by atoms with Gasteiger partial charge in [0.05, 0.1) is 0 Å². The van der Waals surface area contributed by atoms with Crippen LogP contribution < -0.4 is 0 Å². The van der Waals surface area contributed by atoms with E-state index >= 15 is 0 Å². The Labute approximate surface area is 280 Å². The van der Waals surface area contributed by atoms with Gasteiger partial charge in [0.2, 0.25) is 0 Å². The van der Waals surface area contributed by atoms with E-state index in [4.69, 9.17) is 47.4 Å². The molecule has 0 aromatic rings. The van der Waals surface area contributed by atoms with Crippen LogP contribution in [0.3, 0.4) is 0 Å². The Morgan fingerprint density at radius 3 is 0.980 bits per heavy atom. The first-order valence-electron chi connectivity index (χ1n) is 14.6. The fraction of sp³-hybridized carbons (Fsp3) is 0.690. The lowest BCUT2D eigenvalue weighted by atomic mass is 9.94. The number of hydrogen-bond acceptors (Lipinski definition) is 20. The highest BCUT2D eigenvalue weighted by molar-refractivity contribution is 5.70. The number of carbonyl (C=O) groups excluding carboxylic acids is 8. The average molecular weight is 703 g/mol. The van der Waals surface area contributed by atoms with Crippen molar-refractivity contribution in [3.05, 3.63) is 0 Å². The topological polar surface area (TPSA) is 256 Å². The number of ether oxygens (including phenoxy) is 10. The number of nitrogens with zero attached hydrogens (tertiary/aromatic N) is 2. The van der Waals surface area contributed by atoms with Gasteiger partial charge in [-0.2, -0.15) is 5.26 Å². The van der Waals surface area contributed by atoms with Gasteiger partial charge in [-0.15, -0.1) is 0 Å². The van der Waals surface area contributed by atoms with Gasteiger partial charge in [-0.3, -0.25) is 38.4 Å². The Balaban J connectivity index is 2.84.